The van der Waals surface area contributed by atoms with Crippen molar-refractivity contribution < 1.29 is 93.8 Å². The van der Waals surface area contributed by atoms with Crippen LogP contribution in [0.1, 0.15) is 17.5 Å². The first-order valence-corrected chi connectivity index (χ1v) is 15.5. The number of fused-ring (bicyclic) bond motifs is 5. The Kier molecular flexibility index (Phi) is 19.7. The van der Waals surface area contributed by atoms with Crippen molar-refractivity contribution in [2.45, 2.75) is 55.9 Å². The molecule has 2 aromatic carbocycles. The summed E-state index contributed by atoms with van der Waals surface area (Å²) in [7, 11) is 1.46. The van der Waals surface area contributed by atoms with Crippen molar-refractivity contribution in [1.29, 1.82) is 0 Å². The van der Waals surface area contributed by atoms with Gasteiger partial charge in [-0.1, -0.05) is 12.1 Å². The van der Waals surface area contributed by atoms with Gasteiger partial charge < -0.3 is 58.3 Å². The molecule has 0 unspecified atom stereocenters. The van der Waals surface area contributed by atoms with Gasteiger partial charge in [-0.25, -0.2) is 14.4 Å². The third kappa shape index (κ3) is 17.6. The molecule has 0 aliphatic carbocycles. The minimum Gasteiger partial charge on any atom is -0.508 e. The Morgan fingerprint density at radius 1 is 0.754 bits per heavy atom. The molecule has 3 amide bonds. The number of phenolic OH excluding ortho intramolecular Hbond substituents is 2. The van der Waals surface area contributed by atoms with Crippen LogP contribution in [0.2, 0.25) is 0 Å². The summed E-state index contributed by atoms with van der Waals surface area (Å²) in [5, 5.41) is 47.7. The van der Waals surface area contributed by atoms with Crippen molar-refractivity contribution in [2.24, 2.45) is 17.2 Å². The minimum absolute atomic E-state index is 0.00602. The summed E-state index contributed by atoms with van der Waals surface area (Å²) >= 11 is 0. The Bertz CT molecular complexity index is 1670. The van der Waals surface area contributed by atoms with Crippen LogP contribution >= 0.6 is 0 Å². The molecule has 0 radical (unpaired) electrons. The summed E-state index contributed by atoms with van der Waals surface area (Å²) in [6.45, 7) is 0.525. The normalized spacial score (nSPS) is 17.3. The molecular formula is C31H37F9N6O11. The molecule has 2 aromatic rings. The van der Waals surface area contributed by atoms with E-state index in [2.05, 4.69) is 10.6 Å². The topological polar surface area (TPSA) is 309 Å². The predicted octanol–water partition coefficient (Wildman–Crippen LogP) is 0.826. The highest BCUT2D eigenvalue weighted by Crippen LogP contribution is 2.31. The SMILES string of the molecule is CN1C(=O)[C@H](CCN)NC(=O)[C@@H](N)Cc2cc(ccc2O)-c2ccc(O)c(c2)C[C@H]1C(=O)NCCN.O=C(O)C(F)(F)F.O=C(O)C(F)(F)F.O=C(O)C(F)(F)F. The molecule has 0 saturated carbocycles. The number of nitrogens with one attached hydrogen (secondary N) is 2. The van der Waals surface area contributed by atoms with E-state index in [1.807, 2.05) is 0 Å². The van der Waals surface area contributed by atoms with Gasteiger partial charge in [0.05, 0.1) is 6.04 Å². The fourth-order valence-electron chi connectivity index (χ4n) is 4.22. The average molecular weight is 841 g/mol. The van der Waals surface area contributed by atoms with Crippen LogP contribution in [0.5, 0.6) is 11.5 Å². The first kappa shape index (κ1) is 51.1. The molecule has 0 spiro atoms. The first-order chi connectivity index (χ1) is 26.0. The van der Waals surface area contributed by atoms with E-state index in [-0.39, 0.29) is 50.4 Å². The number of nitrogens with two attached hydrogens (primary N) is 3. The zero-order valence-corrected chi connectivity index (χ0v) is 29.2. The van der Waals surface area contributed by atoms with E-state index >= 15 is 0 Å². The summed E-state index contributed by atoms with van der Waals surface area (Å²) in [4.78, 5) is 67.3. The molecule has 3 rings (SSSR count). The summed E-state index contributed by atoms with van der Waals surface area (Å²) in [6.07, 6.45) is -15.1. The molecule has 26 heteroatoms. The molecule has 1 heterocycles. The maximum absolute atomic E-state index is 13.4. The fraction of sp³-hybridized carbons (Fsp3) is 0.419. The highest BCUT2D eigenvalue weighted by Gasteiger charge is 2.39. The number of carboxylic acids is 3. The van der Waals surface area contributed by atoms with Crippen LogP contribution in [0.25, 0.3) is 11.1 Å². The van der Waals surface area contributed by atoms with Gasteiger partial charge >= 0.3 is 36.4 Å². The lowest BCUT2D eigenvalue weighted by Crippen LogP contribution is -2.57. The van der Waals surface area contributed by atoms with Gasteiger partial charge in [0.1, 0.15) is 23.6 Å². The van der Waals surface area contributed by atoms with Gasteiger partial charge in [0.2, 0.25) is 17.7 Å². The molecule has 13 N–H and O–H groups in total. The lowest BCUT2D eigenvalue weighted by Gasteiger charge is -2.31. The molecule has 57 heavy (non-hydrogen) atoms. The summed E-state index contributed by atoms with van der Waals surface area (Å²) in [6, 6.07) is 6.81. The number of carbonyl (C=O) groups is 6. The molecule has 1 aliphatic heterocycles. The zero-order chi connectivity index (χ0) is 44.6. The second kappa shape index (κ2) is 22.0. The van der Waals surface area contributed by atoms with E-state index < -0.39 is 72.3 Å². The van der Waals surface area contributed by atoms with Gasteiger partial charge in [-0.05, 0) is 59.5 Å². The molecule has 3 atom stereocenters. The lowest BCUT2D eigenvalue weighted by atomic mass is 9.95. The van der Waals surface area contributed by atoms with Crippen LogP contribution in [-0.2, 0) is 41.6 Å². The highest BCUT2D eigenvalue weighted by atomic mass is 19.4. The summed E-state index contributed by atoms with van der Waals surface area (Å²) in [5.41, 5.74) is 19.7. The van der Waals surface area contributed by atoms with Crippen LogP contribution < -0.4 is 27.8 Å². The van der Waals surface area contributed by atoms with Gasteiger partial charge in [-0.3, -0.25) is 14.4 Å². The highest BCUT2D eigenvalue weighted by molar-refractivity contribution is 5.93. The van der Waals surface area contributed by atoms with E-state index in [1.54, 1.807) is 24.3 Å². The van der Waals surface area contributed by atoms with Crippen molar-refractivity contribution in [1.82, 2.24) is 15.5 Å². The van der Waals surface area contributed by atoms with Gasteiger partial charge in [-0.2, -0.15) is 39.5 Å². The van der Waals surface area contributed by atoms with E-state index in [0.717, 1.165) is 5.56 Å². The van der Waals surface area contributed by atoms with Crippen molar-refractivity contribution >= 4 is 35.6 Å². The Hall–Kier alpha value is -5.89. The second-order valence-electron chi connectivity index (χ2n) is 11.3. The zero-order valence-electron chi connectivity index (χ0n) is 29.2. The number of amides is 3. The average Bonchev–Trinajstić information content (AvgIpc) is 3.09. The number of aliphatic carboxylic acids is 3. The number of hydrogen-bond donors (Lipinski definition) is 10. The van der Waals surface area contributed by atoms with Gasteiger partial charge in [0.25, 0.3) is 0 Å². The Balaban J connectivity index is 0.00000121. The van der Waals surface area contributed by atoms with E-state index in [4.69, 9.17) is 46.9 Å². The van der Waals surface area contributed by atoms with Crippen LogP contribution in [0, 0.1) is 0 Å². The maximum atomic E-state index is 13.4. The first-order valence-electron chi connectivity index (χ1n) is 15.5. The maximum Gasteiger partial charge on any atom is 0.490 e. The number of carbonyl (C=O) groups excluding carboxylic acids is 3. The van der Waals surface area contributed by atoms with Crippen molar-refractivity contribution in [3.8, 4) is 22.6 Å². The molecule has 0 aromatic heterocycles. The Labute approximate surface area is 315 Å². The van der Waals surface area contributed by atoms with Crippen molar-refractivity contribution in [3.05, 3.63) is 47.5 Å². The third-order valence-electron chi connectivity index (χ3n) is 7.04. The van der Waals surface area contributed by atoms with Crippen LogP contribution in [0.3, 0.4) is 0 Å². The van der Waals surface area contributed by atoms with E-state index in [1.165, 1.54) is 24.1 Å². The van der Waals surface area contributed by atoms with Crippen LogP contribution in [0.15, 0.2) is 36.4 Å². The quantitative estimate of drug-likeness (QED) is 0.187. The molecule has 17 nitrogen and oxygen atoms in total. The fourth-order valence-corrected chi connectivity index (χ4v) is 4.22. The number of halogens is 9. The van der Waals surface area contributed by atoms with Crippen molar-refractivity contribution in [3.63, 3.8) is 0 Å². The monoisotopic (exact) mass is 840 g/mol. The predicted molar refractivity (Wildman–Crippen MR) is 176 cm³/mol. The number of carboxylic acid groups (broad SMARTS) is 3. The largest absolute Gasteiger partial charge is 0.508 e. The van der Waals surface area contributed by atoms with E-state index in [9.17, 15) is 64.1 Å². The molecule has 0 fully saturated rings. The Morgan fingerprint density at radius 3 is 1.49 bits per heavy atom. The summed E-state index contributed by atoms with van der Waals surface area (Å²) < 4.78 is 95.2. The van der Waals surface area contributed by atoms with Gasteiger partial charge in [-0.15, -0.1) is 0 Å². The number of aromatic hydroxyl groups is 2. The number of hydrogen-bond acceptors (Lipinski definition) is 11. The van der Waals surface area contributed by atoms with Gasteiger partial charge in [0, 0.05) is 33.0 Å². The standard InChI is InChI=1S/C25H34N6O5.3C2HF3O2/c1-31-20(24(35)29-9-8-27)13-17-11-15(3-5-22(17)33)14-2-4-21(32)16(10-14)12-18(28)23(34)30-19(6-7-26)25(31)36;3*3-2(4,5)1(6)7/h2-5,10-11,18-20,32-33H,6-9,12-13,26-28H2,1H3,(H,29,35)(H,30,34);3*(H,6,7)/t18-,19-,20-;;;/m0.../s1. The number of rotatable bonds is 5. The number of alkyl halides is 9. The molecule has 1 aliphatic rings. The summed E-state index contributed by atoms with van der Waals surface area (Å²) in [5.74, 6) is -9.89. The minimum atomic E-state index is -5.08. The van der Waals surface area contributed by atoms with Crippen molar-refractivity contribution in [2.75, 3.05) is 26.7 Å². The molecular weight excluding hydrogens is 803 g/mol. The molecule has 0 saturated heterocycles. The smallest absolute Gasteiger partial charge is 0.490 e. The third-order valence-corrected chi connectivity index (χ3v) is 7.04. The van der Waals surface area contributed by atoms with E-state index in [0.29, 0.717) is 16.7 Å². The molecule has 320 valence electrons. The number of phenols is 2. The number of benzene rings is 2. The lowest BCUT2D eigenvalue weighted by molar-refractivity contribution is -0.193. The number of nitrogens with zero attached hydrogens (tertiary/aromatic N) is 1. The second-order valence-corrected chi connectivity index (χ2v) is 11.3. The van der Waals surface area contributed by atoms with Crippen LogP contribution in [0.4, 0.5) is 39.5 Å². The Morgan fingerprint density at radius 2 is 1.14 bits per heavy atom. The number of likely N-dealkylation sites (N-methyl/N-ethyl adjacent to an activating group) is 1. The molecule has 4 bridgehead atoms. The van der Waals surface area contributed by atoms with Gasteiger partial charge in [0.15, 0.2) is 0 Å². The van der Waals surface area contributed by atoms with Crippen LogP contribution in [-0.4, -0.2) is 129 Å².